The molecule has 0 aliphatic carbocycles. The Hall–Kier alpha value is -2.53. The summed E-state index contributed by atoms with van der Waals surface area (Å²) in [4.78, 5) is 14.8. The quantitative estimate of drug-likeness (QED) is 0.883. The fourth-order valence-electron chi connectivity index (χ4n) is 3.90. The SMILES string of the molecule is Cc1ccccc1CNC(=O)CN1CCCC1c1ccc2c(c1)OCCO2. The zero-order valence-electron chi connectivity index (χ0n) is 15.7. The van der Waals surface area contributed by atoms with Crippen molar-refractivity contribution in [3.05, 3.63) is 59.2 Å². The normalized spacial score (nSPS) is 19.1. The van der Waals surface area contributed by atoms with Gasteiger partial charge in [-0.3, -0.25) is 9.69 Å². The molecule has 0 spiro atoms. The van der Waals surface area contributed by atoms with Gasteiger partial charge in [-0.1, -0.05) is 30.3 Å². The lowest BCUT2D eigenvalue weighted by atomic mass is 10.0. The number of hydrogen-bond donors (Lipinski definition) is 1. The van der Waals surface area contributed by atoms with Crippen LogP contribution >= 0.6 is 0 Å². The number of nitrogens with one attached hydrogen (secondary N) is 1. The van der Waals surface area contributed by atoms with Gasteiger partial charge in [0.15, 0.2) is 11.5 Å². The van der Waals surface area contributed by atoms with Crippen molar-refractivity contribution < 1.29 is 14.3 Å². The van der Waals surface area contributed by atoms with Crippen LogP contribution in [0.5, 0.6) is 11.5 Å². The van der Waals surface area contributed by atoms with Gasteiger partial charge in [-0.05, 0) is 55.1 Å². The Morgan fingerprint density at radius 1 is 1.15 bits per heavy atom. The van der Waals surface area contributed by atoms with E-state index in [0.29, 0.717) is 26.3 Å². The van der Waals surface area contributed by atoms with E-state index in [1.807, 2.05) is 18.2 Å². The smallest absolute Gasteiger partial charge is 0.234 e. The first-order chi connectivity index (χ1) is 13.2. The van der Waals surface area contributed by atoms with E-state index in [9.17, 15) is 4.79 Å². The van der Waals surface area contributed by atoms with Crippen LogP contribution in [-0.4, -0.2) is 37.1 Å². The van der Waals surface area contributed by atoms with E-state index < -0.39 is 0 Å². The van der Waals surface area contributed by atoms with Crippen molar-refractivity contribution in [1.82, 2.24) is 10.2 Å². The minimum atomic E-state index is 0.0719. The molecule has 0 saturated carbocycles. The van der Waals surface area contributed by atoms with Crippen LogP contribution in [0.15, 0.2) is 42.5 Å². The molecule has 2 heterocycles. The second kappa shape index (κ2) is 8.01. The molecule has 2 aliphatic rings. The number of carbonyl (C=O) groups excluding carboxylic acids is 1. The molecule has 1 fully saturated rings. The Morgan fingerprint density at radius 2 is 1.96 bits per heavy atom. The number of rotatable bonds is 5. The summed E-state index contributed by atoms with van der Waals surface area (Å²) in [5, 5.41) is 3.06. The van der Waals surface area contributed by atoms with Gasteiger partial charge in [-0.2, -0.15) is 0 Å². The van der Waals surface area contributed by atoms with E-state index in [1.54, 1.807) is 0 Å². The summed E-state index contributed by atoms with van der Waals surface area (Å²) in [5.41, 5.74) is 3.56. The third-order valence-corrected chi connectivity index (χ3v) is 5.40. The van der Waals surface area contributed by atoms with Crippen LogP contribution in [0.4, 0.5) is 0 Å². The molecule has 5 nitrogen and oxygen atoms in total. The van der Waals surface area contributed by atoms with Gasteiger partial charge >= 0.3 is 0 Å². The number of hydrogen-bond acceptors (Lipinski definition) is 4. The van der Waals surface area contributed by atoms with E-state index >= 15 is 0 Å². The standard InChI is InChI=1S/C22H26N2O3/c1-16-5-2-3-6-18(16)14-23-22(25)15-24-10-4-7-19(24)17-8-9-20-21(13-17)27-12-11-26-20/h2-3,5-6,8-9,13,19H,4,7,10-12,14-15H2,1H3,(H,23,25). The summed E-state index contributed by atoms with van der Waals surface area (Å²) in [6, 6.07) is 14.6. The molecule has 2 aromatic rings. The van der Waals surface area contributed by atoms with Gasteiger partial charge in [-0.25, -0.2) is 0 Å². The van der Waals surface area contributed by atoms with E-state index in [0.717, 1.165) is 36.4 Å². The summed E-state index contributed by atoms with van der Waals surface area (Å²) in [6.45, 7) is 5.20. The number of carbonyl (C=O) groups is 1. The molecule has 1 amide bonds. The van der Waals surface area contributed by atoms with Crippen molar-refractivity contribution in [3.8, 4) is 11.5 Å². The molecule has 1 N–H and O–H groups in total. The summed E-state index contributed by atoms with van der Waals surface area (Å²) >= 11 is 0. The molecular weight excluding hydrogens is 340 g/mol. The Labute approximate surface area is 160 Å². The van der Waals surface area contributed by atoms with Crippen LogP contribution in [0, 0.1) is 6.92 Å². The summed E-state index contributed by atoms with van der Waals surface area (Å²) in [6.07, 6.45) is 2.16. The van der Waals surface area contributed by atoms with Crippen LogP contribution in [-0.2, 0) is 11.3 Å². The highest BCUT2D eigenvalue weighted by Crippen LogP contribution is 2.37. The molecule has 0 radical (unpaired) electrons. The van der Waals surface area contributed by atoms with Gasteiger partial charge in [0.25, 0.3) is 0 Å². The highest BCUT2D eigenvalue weighted by atomic mass is 16.6. The first-order valence-corrected chi connectivity index (χ1v) is 9.65. The molecule has 142 valence electrons. The van der Waals surface area contributed by atoms with Gasteiger partial charge in [0.1, 0.15) is 13.2 Å². The minimum absolute atomic E-state index is 0.0719. The van der Waals surface area contributed by atoms with Crippen molar-refractivity contribution in [1.29, 1.82) is 0 Å². The van der Waals surface area contributed by atoms with Gasteiger partial charge in [0.2, 0.25) is 5.91 Å². The predicted octanol–water partition coefficient (Wildman–Crippen LogP) is 3.22. The molecule has 1 saturated heterocycles. The van der Waals surface area contributed by atoms with E-state index in [2.05, 4.69) is 41.4 Å². The third-order valence-electron chi connectivity index (χ3n) is 5.40. The molecule has 27 heavy (non-hydrogen) atoms. The number of amides is 1. The predicted molar refractivity (Wildman–Crippen MR) is 104 cm³/mol. The van der Waals surface area contributed by atoms with Crippen molar-refractivity contribution >= 4 is 5.91 Å². The summed E-state index contributed by atoms with van der Waals surface area (Å²) < 4.78 is 11.3. The maximum absolute atomic E-state index is 12.5. The molecule has 5 heteroatoms. The van der Waals surface area contributed by atoms with Crippen LogP contribution in [0.2, 0.25) is 0 Å². The zero-order valence-corrected chi connectivity index (χ0v) is 15.7. The molecule has 2 aromatic carbocycles. The van der Waals surface area contributed by atoms with Crippen LogP contribution in [0.3, 0.4) is 0 Å². The molecule has 2 aliphatic heterocycles. The molecule has 0 bridgehead atoms. The van der Waals surface area contributed by atoms with Crippen LogP contribution in [0.25, 0.3) is 0 Å². The molecule has 1 atom stereocenters. The molecule has 1 unspecified atom stereocenters. The molecular formula is C22H26N2O3. The van der Waals surface area contributed by atoms with E-state index in [1.165, 1.54) is 11.1 Å². The summed E-state index contributed by atoms with van der Waals surface area (Å²) in [5.74, 6) is 1.70. The number of likely N-dealkylation sites (tertiary alicyclic amines) is 1. The number of nitrogens with zero attached hydrogens (tertiary/aromatic N) is 1. The zero-order chi connectivity index (χ0) is 18.6. The number of ether oxygens (including phenoxy) is 2. The average Bonchev–Trinajstić information content (AvgIpc) is 3.15. The molecule has 4 rings (SSSR count). The Bertz CT molecular complexity index is 821. The highest BCUT2D eigenvalue weighted by Gasteiger charge is 2.28. The first kappa shape index (κ1) is 17.9. The lowest BCUT2D eigenvalue weighted by Gasteiger charge is -2.26. The Morgan fingerprint density at radius 3 is 2.81 bits per heavy atom. The minimum Gasteiger partial charge on any atom is -0.486 e. The lowest BCUT2D eigenvalue weighted by molar-refractivity contribution is -0.122. The van der Waals surface area contributed by atoms with Crippen molar-refractivity contribution in [3.63, 3.8) is 0 Å². The van der Waals surface area contributed by atoms with Gasteiger partial charge in [0, 0.05) is 12.6 Å². The fourth-order valence-corrected chi connectivity index (χ4v) is 3.90. The van der Waals surface area contributed by atoms with Crippen molar-refractivity contribution in [2.24, 2.45) is 0 Å². The molecule has 0 aromatic heterocycles. The van der Waals surface area contributed by atoms with Crippen molar-refractivity contribution in [2.45, 2.75) is 32.4 Å². The maximum Gasteiger partial charge on any atom is 0.234 e. The summed E-state index contributed by atoms with van der Waals surface area (Å²) in [7, 11) is 0. The third kappa shape index (κ3) is 4.08. The monoisotopic (exact) mass is 366 g/mol. The van der Waals surface area contributed by atoms with Crippen LogP contribution < -0.4 is 14.8 Å². The second-order valence-electron chi connectivity index (χ2n) is 7.23. The Balaban J connectivity index is 1.38. The van der Waals surface area contributed by atoms with Crippen LogP contribution in [0.1, 0.15) is 35.6 Å². The fraction of sp³-hybridized carbons (Fsp3) is 0.409. The first-order valence-electron chi connectivity index (χ1n) is 9.65. The van der Waals surface area contributed by atoms with Crippen molar-refractivity contribution in [2.75, 3.05) is 26.3 Å². The number of aryl methyl sites for hydroxylation is 1. The average molecular weight is 366 g/mol. The van der Waals surface area contributed by atoms with Gasteiger partial charge in [0.05, 0.1) is 6.54 Å². The lowest BCUT2D eigenvalue weighted by Crippen LogP contribution is -2.36. The van der Waals surface area contributed by atoms with E-state index in [4.69, 9.17) is 9.47 Å². The van der Waals surface area contributed by atoms with Gasteiger partial charge < -0.3 is 14.8 Å². The van der Waals surface area contributed by atoms with E-state index in [-0.39, 0.29) is 11.9 Å². The second-order valence-corrected chi connectivity index (χ2v) is 7.23. The Kier molecular flexibility index (Phi) is 5.30. The largest absolute Gasteiger partial charge is 0.486 e. The maximum atomic E-state index is 12.5. The highest BCUT2D eigenvalue weighted by molar-refractivity contribution is 5.78. The number of benzene rings is 2. The van der Waals surface area contributed by atoms with Gasteiger partial charge in [-0.15, -0.1) is 0 Å². The number of fused-ring (bicyclic) bond motifs is 1. The topological polar surface area (TPSA) is 50.8 Å².